The fourth-order valence-corrected chi connectivity index (χ4v) is 4.74. The largest absolute Gasteiger partial charge is 0.478 e. The average molecular weight is 635 g/mol. The molecule has 1 fully saturated rings. The lowest BCUT2D eigenvalue weighted by Crippen LogP contribution is -2.49. The van der Waals surface area contributed by atoms with Gasteiger partial charge in [-0.2, -0.15) is 4.68 Å². The molecule has 45 heavy (non-hydrogen) atoms. The van der Waals surface area contributed by atoms with E-state index >= 15 is 0 Å². The first-order valence-corrected chi connectivity index (χ1v) is 14.0. The number of carboxylic acid groups (broad SMARTS) is 1. The highest BCUT2D eigenvalue weighted by Crippen LogP contribution is 2.24. The van der Waals surface area contributed by atoms with E-state index < -0.39 is 36.0 Å². The van der Waals surface area contributed by atoms with Gasteiger partial charge in [-0.05, 0) is 70.6 Å². The summed E-state index contributed by atoms with van der Waals surface area (Å²) < 4.78 is 6.55. The summed E-state index contributed by atoms with van der Waals surface area (Å²) in [7, 11) is 0. The van der Waals surface area contributed by atoms with Crippen molar-refractivity contribution >= 4 is 52.4 Å². The van der Waals surface area contributed by atoms with Gasteiger partial charge in [0.25, 0.3) is 0 Å². The Hall–Kier alpha value is -5.38. The summed E-state index contributed by atoms with van der Waals surface area (Å²) in [5, 5.41) is 38.2. The number of amides is 3. The van der Waals surface area contributed by atoms with E-state index in [1.807, 2.05) is 0 Å². The van der Waals surface area contributed by atoms with Crippen LogP contribution >= 0.6 is 11.6 Å². The molecule has 0 aliphatic carbocycles. The molecular weight excluding hydrogens is 608 g/mol. The van der Waals surface area contributed by atoms with Crippen molar-refractivity contribution in [2.24, 2.45) is 0 Å². The quantitative estimate of drug-likeness (QED) is 0.167. The Bertz CT molecular complexity index is 1680. The number of rotatable bonds is 9. The number of carboxylic acids is 1. The molecule has 5 N–H and O–H groups in total. The highest BCUT2D eigenvalue weighted by molar-refractivity contribution is 6.40. The normalized spacial score (nSPS) is 15.2. The Balaban J connectivity index is 1.33. The van der Waals surface area contributed by atoms with Crippen LogP contribution in [0.1, 0.15) is 15.9 Å². The zero-order chi connectivity index (χ0) is 31.9. The number of hydrogen-bond donors (Lipinski definition) is 5. The number of halogens is 1. The Labute approximate surface area is 260 Å². The molecule has 1 saturated heterocycles. The summed E-state index contributed by atoms with van der Waals surface area (Å²) >= 11 is 6.11. The molecule has 1 aromatic heterocycles. The van der Waals surface area contributed by atoms with Crippen LogP contribution in [0.3, 0.4) is 0 Å². The van der Waals surface area contributed by atoms with E-state index in [1.165, 1.54) is 41.3 Å². The van der Waals surface area contributed by atoms with Gasteiger partial charge >= 0.3 is 17.8 Å². The highest BCUT2D eigenvalue weighted by Gasteiger charge is 2.26. The zero-order valence-corrected chi connectivity index (χ0v) is 24.2. The van der Waals surface area contributed by atoms with Crippen LogP contribution in [0.5, 0.6) is 0 Å². The van der Waals surface area contributed by atoms with Crippen LogP contribution in [-0.2, 0) is 25.5 Å². The number of tetrazole rings is 1. The first-order valence-electron chi connectivity index (χ1n) is 13.6. The second-order valence-corrected chi connectivity index (χ2v) is 10.3. The van der Waals surface area contributed by atoms with Crippen molar-refractivity contribution in [3.8, 4) is 5.69 Å². The molecular formula is C29H27ClN8O7. The van der Waals surface area contributed by atoms with Gasteiger partial charge in [0.05, 0.1) is 30.2 Å². The monoisotopic (exact) mass is 634 g/mol. The van der Waals surface area contributed by atoms with Crippen molar-refractivity contribution < 1.29 is 34.1 Å². The summed E-state index contributed by atoms with van der Waals surface area (Å²) in [6, 6.07) is 15.8. The van der Waals surface area contributed by atoms with E-state index in [2.05, 4.69) is 31.5 Å². The Morgan fingerprint density at radius 1 is 1.00 bits per heavy atom. The van der Waals surface area contributed by atoms with Crippen LogP contribution in [0.4, 0.5) is 17.1 Å². The predicted molar refractivity (Wildman–Crippen MR) is 161 cm³/mol. The van der Waals surface area contributed by atoms with Crippen LogP contribution in [0.25, 0.3) is 5.69 Å². The number of morpholine rings is 1. The second kappa shape index (κ2) is 13.9. The first kappa shape index (κ1) is 31.1. The maximum absolute atomic E-state index is 13.4. The molecule has 3 aromatic carbocycles. The number of anilines is 3. The fourth-order valence-electron chi connectivity index (χ4n) is 4.57. The topological polar surface area (TPSA) is 201 Å². The number of carbonyl (C=O) groups is 4. The number of nitrogens with one attached hydrogen (secondary N) is 3. The summed E-state index contributed by atoms with van der Waals surface area (Å²) in [5.41, 5.74) is 2.21. The molecule has 2 atom stereocenters. The van der Waals surface area contributed by atoms with E-state index in [1.54, 1.807) is 41.3 Å². The van der Waals surface area contributed by atoms with E-state index in [0.717, 1.165) is 5.69 Å². The molecule has 16 heteroatoms. The van der Waals surface area contributed by atoms with Crippen molar-refractivity contribution in [1.29, 1.82) is 0 Å². The van der Waals surface area contributed by atoms with Crippen LogP contribution in [0.15, 0.2) is 73.1 Å². The molecule has 0 spiro atoms. The molecule has 1 unspecified atom stereocenters. The van der Waals surface area contributed by atoms with Crippen LogP contribution < -0.4 is 20.9 Å². The van der Waals surface area contributed by atoms with E-state index in [-0.39, 0.29) is 35.0 Å². The van der Waals surface area contributed by atoms with Gasteiger partial charge in [-0.3, -0.25) is 14.4 Å². The third kappa shape index (κ3) is 7.77. The van der Waals surface area contributed by atoms with Crippen LogP contribution in [0, 0.1) is 0 Å². The van der Waals surface area contributed by atoms with Crippen LogP contribution in [0.2, 0.25) is 5.02 Å². The van der Waals surface area contributed by atoms with Gasteiger partial charge < -0.3 is 35.8 Å². The minimum Gasteiger partial charge on any atom is -0.478 e. The molecule has 15 nitrogen and oxygen atoms in total. The summed E-state index contributed by atoms with van der Waals surface area (Å²) in [6.07, 6.45) is 0.499. The average Bonchev–Trinajstić information content (AvgIpc) is 3.56. The molecule has 0 bridgehead atoms. The first-order chi connectivity index (χ1) is 21.7. The third-order valence-corrected chi connectivity index (χ3v) is 7.08. The maximum Gasteiger partial charge on any atom is 0.335 e. The number of benzene rings is 3. The van der Waals surface area contributed by atoms with Gasteiger partial charge in [0.1, 0.15) is 12.4 Å². The predicted octanol–water partition coefficient (Wildman–Crippen LogP) is 1.47. The van der Waals surface area contributed by atoms with Gasteiger partial charge in [-0.25, -0.2) is 4.79 Å². The molecule has 3 amide bonds. The molecule has 232 valence electrons. The maximum atomic E-state index is 13.4. The third-order valence-electron chi connectivity index (χ3n) is 6.84. The van der Waals surface area contributed by atoms with Gasteiger partial charge in [0.2, 0.25) is 5.91 Å². The van der Waals surface area contributed by atoms with Crippen LogP contribution in [-0.4, -0.2) is 86.1 Å². The number of aliphatic hydroxyl groups excluding tert-OH is 1. The lowest BCUT2D eigenvalue weighted by molar-refractivity contribution is -0.137. The molecule has 2 heterocycles. The number of aromatic carboxylic acids is 1. The second-order valence-electron chi connectivity index (χ2n) is 9.89. The molecule has 1 aliphatic heterocycles. The highest BCUT2D eigenvalue weighted by atomic mass is 35.5. The molecule has 4 aromatic rings. The molecule has 5 rings (SSSR count). The minimum absolute atomic E-state index is 0.00293. The minimum atomic E-state index is -1.22. The van der Waals surface area contributed by atoms with Gasteiger partial charge in [0.15, 0.2) is 6.23 Å². The standard InChI is InChI=1S/C29H27ClN8O7/c30-19-5-10-24(38-16-31-35-36-38)22(14-19)33-27(41)28(42)34-23(26(40)32-20-6-3-18(4-7-20)29(43)44)13-17-1-8-21(9-2-17)37-11-12-45-15-25(37)39/h1-10,14,16,23,25,39H,11-13,15H2,(H,32,40)(H,33,41)(H,34,42)(H,43,44)/t23-,25?/m0/s1. The SMILES string of the molecule is O=C(Nc1cc(Cl)ccc1-n1cnnn1)C(=O)N[C@@H](Cc1ccc(N2CCOCC2O)cc1)C(=O)Nc1ccc(C(=O)O)cc1. The number of ether oxygens (including phenoxy) is 1. The van der Waals surface area contributed by atoms with Crippen molar-refractivity contribution in [1.82, 2.24) is 25.5 Å². The fraction of sp³-hybridized carbons (Fsp3) is 0.207. The summed E-state index contributed by atoms with van der Waals surface area (Å²) in [6.45, 7) is 1.14. The Morgan fingerprint density at radius 2 is 1.76 bits per heavy atom. The van der Waals surface area contributed by atoms with Crippen molar-refractivity contribution in [3.05, 3.63) is 89.2 Å². The number of hydrogen-bond acceptors (Lipinski definition) is 10. The summed E-state index contributed by atoms with van der Waals surface area (Å²) in [4.78, 5) is 52.5. The van der Waals surface area contributed by atoms with Gasteiger partial charge in [0, 0.05) is 29.4 Å². The Kier molecular flexibility index (Phi) is 9.62. The Morgan fingerprint density at radius 3 is 2.42 bits per heavy atom. The van der Waals surface area contributed by atoms with E-state index in [9.17, 15) is 24.3 Å². The lowest BCUT2D eigenvalue weighted by Gasteiger charge is -2.34. The molecule has 0 radical (unpaired) electrons. The molecule has 0 saturated carbocycles. The number of nitrogens with zero attached hydrogens (tertiary/aromatic N) is 5. The zero-order valence-electron chi connectivity index (χ0n) is 23.5. The van der Waals surface area contributed by atoms with Gasteiger partial charge in [-0.15, -0.1) is 5.10 Å². The number of carbonyl (C=O) groups excluding carboxylic acids is 3. The summed E-state index contributed by atoms with van der Waals surface area (Å²) in [5.74, 6) is -3.96. The molecule has 1 aliphatic rings. The smallest absolute Gasteiger partial charge is 0.335 e. The van der Waals surface area contributed by atoms with Gasteiger partial charge in [-0.1, -0.05) is 23.7 Å². The lowest BCUT2D eigenvalue weighted by atomic mass is 10.0. The number of aliphatic hydroxyl groups is 1. The van der Waals surface area contributed by atoms with Crippen molar-refractivity contribution in [2.75, 3.05) is 35.3 Å². The van der Waals surface area contributed by atoms with E-state index in [0.29, 0.717) is 24.4 Å². The van der Waals surface area contributed by atoms with Crippen molar-refractivity contribution in [2.45, 2.75) is 18.7 Å². The van der Waals surface area contributed by atoms with E-state index in [4.69, 9.17) is 21.4 Å². The van der Waals surface area contributed by atoms with Crippen molar-refractivity contribution in [3.63, 3.8) is 0 Å². The number of aromatic nitrogens is 4.